The quantitative estimate of drug-likeness (QED) is 0.459. The maximum absolute atomic E-state index is 12.0. The average Bonchev–Trinajstić information content (AvgIpc) is 2.78. The largest absolute Gasteiger partial charge is 0.452 e. The third-order valence-electron chi connectivity index (χ3n) is 4.00. The van der Waals surface area contributed by atoms with Crippen LogP contribution in [-0.4, -0.2) is 48.9 Å². The van der Waals surface area contributed by atoms with Crippen molar-refractivity contribution in [2.24, 2.45) is 0 Å². The van der Waals surface area contributed by atoms with Crippen LogP contribution < -0.4 is 5.32 Å². The van der Waals surface area contributed by atoms with Gasteiger partial charge in [0.15, 0.2) is 16.4 Å². The molecular formula is C15H18N2O7S. The molecule has 0 aliphatic carbocycles. The number of nitrogens with one attached hydrogen (secondary N) is 1. The SMILES string of the molecule is Cc1c(C(=O)OCC(=O)N[C@]2(C)CCS(=O)(=O)C2)cccc1[N+](=O)[O-]. The van der Waals surface area contributed by atoms with Crippen molar-refractivity contribution in [2.45, 2.75) is 25.8 Å². The molecule has 1 aliphatic rings. The van der Waals surface area contributed by atoms with E-state index in [0.29, 0.717) is 6.42 Å². The van der Waals surface area contributed by atoms with Crippen LogP contribution in [0.3, 0.4) is 0 Å². The number of hydrogen-bond acceptors (Lipinski definition) is 7. The molecule has 1 fully saturated rings. The number of esters is 1. The van der Waals surface area contributed by atoms with Crippen molar-refractivity contribution < 1.29 is 27.7 Å². The van der Waals surface area contributed by atoms with Gasteiger partial charge in [-0.3, -0.25) is 14.9 Å². The number of amides is 1. The Morgan fingerprint density at radius 2 is 2.08 bits per heavy atom. The van der Waals surface area contributed by atoms with Crippen LogP contribution in [0.4, 0.5) is 5.69 Å². The van der Waals surface area contributed by atoms with Crippen molar-refractivity contribution in [3.8, 4) is 0 Å². The lowest BCUT2D eigenvalue weighted by molar-refractivity contribution is -0.385. The number of ether oxygens (including phenoxy) is 1. The van der Waals surface area contributed by atoms with Gasteiger partial charge in [0.05, 0.1) is 27.5 Å². The molecule has 136 valence electrons. The fourth-order valence-corrected chi connectivity index (χ4v) is 4.83. The third kappa shape index (κ3) is 4.53. The van der Waals surface area contributed by atoms with Crippen molar-refractivity contribution in [3.63, 3.8) is 0 Å². The Morgan fingerprint density at radius 1 is 1.40 bits per heavy atom. The summed E-state index contributed by atoms with van der Waals surface area (Å²) < 4.78 is 27.9. The summed E-state index contributed by atoms with van der Waals surface area (Å²) in [5.74, 6) is -1.66. The predicted octanol–water partition coefficient (Wildman–Crippen LogP) is 0.753. The fourth-order valence-electron chi connectivity index (χ4n) is 2.73. The van der Waals surface area contributed by atoms with E-state index in [9.17, 15) is 28.1 Å². The second kappa shape index (κ2) is 6.79. The van der Waals surface area contributed by atoms with Crippen molar-refractivity contribution in [1.82, 2.24) is 5.32 Å². The Balaban J connectivity index is 1.98. The second-order valence-corrected chi connectivity index (χ2v) is 8.42. The third-order valence-corrected chi connectivity index (χ3v) is 5.90. The highest BCUT2D eigenvalue weighted by molar-refractivity contribution is 7.91. The molecule has 0 spiro atoms. The fraction of sp³-hybridized carbons (Fsp3) is 0.467. The van der Waals surface area contributed by atoms with E-state index in [2.05, 4.69) is 5.32 Å². The van der Waals surface area contributed by atoms with Crippen molar-refractivity contribution in [2.75, 3.05) is 18.1 Å². The number of rotatable bonds is 5. The van der Waals surface area contributed by atoms with Gasteiger partial charge < -0.3 is 10.1 Å². The molecule has 1 amide bonds. The molecule has 0 bridgehead atoms. The Hall–Kier alpha value is -2.49. The van der Waals surface area contributed by atoms with E-state index in [-0.39, 0.29) is 28.3 Å². The number of benzene rings is 1. The van der Waals surface area contributed by atoms with Crippen molar-refractivity contribution >= 4 is 27.4 Å². The summed E-state index contributed by atoms with van der Waals surface area (Å²) in [6, 6.07) is 3.99. The highest BCUT2D eigenvalue weighted by atomic mass is 32.2. The van der Waals surface area contributed by atoms with E-state index in [1.807, 2.05) is 0 Å². The molecule has 10 heteroatoms. The number of nitrogens with zero attached hydrogens (tertiary/aromatic N) is 1. The first-order valence-corrected chi connectivity index (χ1v) is 9.28. The lowest BCUT2D eigenvalue weighted by Gasteiger charge is -2.23. The van der Waals surface area contributed by atoms with E-state index in [1.54, 1.807) is 6.92 Å². The minimum Gasteiger partial charge on any atom is -0.452 e. The molecule has 1 aliphatic heterocycles. The zero-order valence-corrected chi connectivity index (χ0v) is 14.6. The first kappa shape index (κ1) is 18.8. The Morgan fingerprint density at radius 3 is 2.64 bits per heavy atom. The first-order valence-electron chi connectivity index (χ1n) is 7.46. The van der Waals surface area contributed by atoms with Crippen LogP contribution in [0.15, 0.2) is 18.2 Å². The van der Waals surface area contributed by atoms with Crippen LogP contribution in [0.2, 0.25) is 0 Å². The maximum Gasteiger partial charge on any atom is 0.339 e. The van der Waals surface area contributed by atoms with Gasteiger partial charge in [0.2, 0.25) is 0 Å². The van der Waals surface area contributed by atoms with Crippen LogP contribution in [0.1, 0.15) is 29.3 Å². The summed E-state index contributed by atoms with van der Waals surface area (Å²) in [6.45, 7) is 2.43. The summed E-state index contributed by atoms with van der Waals surface area (Å²) in [7, 11) is -3.18. The molecule has 1 aromatic carbocycles. The summed E-state index contributed by atoms with van der Waals surface area (Å²) in [4.78, 5) is 34.2. The zero-order valence-electron chi connectivity index (χ0n) is 13.8. The highest BCUT2D eigenvalue weighted by Crippen LogP contribution is 2.23. The Kier molecular flexibility index (Phi) is 5.12. The number of nitro groups is 1. The van der Waals surface area contributed by atoms with E-state index in [0.717, 1.165) is 0 Å². The van der Waals surface area contributed by atoms with Crippen molar-refractivity contribution in [3.05, 3.63) is 39.4 Å². The molecule has 0 saturated carbocycles. The Labute approximate surface area is 144 Å². The molecule has 1 atom stereocenters. The van der Waals surface area contributed by atoms with E-state index >= 15 is 0 Å². The average molecular weight is 370 g/mol. The molecule has 9 nitrogen and oxygen atoms in total. The molecule has 1 heterocycles. The lowest BCUT2D eigenvalue weighted by Crippen LogP contribution is -2.48. The molecule has 1 saturated heterocycles. The molecule has 0 aromatic heterocycles. The zero-order chi connectivity index (χ0) is 18.8. The number of hydrogen-bond donors (Lipinski definition) is 1. The van der Waals surface area contributed by atoms with Gasteiger partial charge in [-0.2, -0.15) is 0 Å². The van der Waals surface area contributed by atoms with Crippen LogP contribution in [0.5, 0.6) is 0 Å². The molecule has 2 rings (SSSR count). The van der Waals surface area contributed by atoms with E-state index in [4.69, 9.17) is 4.74 Å². The van der Waals surface area contributed by atoms with Gasteiger partial charge in [0.25, 0.3) is 11.6 Å². The number of sulfone groups is 1. The lowest BCUT2D eigenvalue weighted by atomic mass is 10.0. The smallest absolute Gasteiger partial charge is 0.339 e. The van der Waals surface area contributed by atoms with Gasteiger partial charge in [-0.15, -0.1) is 0 Å². The van der Waals surface area contributed by atoms with E-state index < -0.39 is 38.8 Å². The molecule has 0 radical (unpaired) electrons. The molecule has 1 aromatic rings. The van der Waals surface area contributed by atoms with Gasteiger partial charge in [-0.1, -0.05) is 6.07 Å². The van der Waals surface area contributed by atoms with Gasteiger partial charge >= 0.3 is 5.97 Å². The van der Waals surface area contributed by atoms with Gasteiger partial charge in [0, 0.05) is 11.6 Å². The Bertz CT molecular complexity index is 834. The van der Waals surface area contributed by atoms with Gasteiger partial charge in [-0.05, 0) is 26.3 Å². The summed E-state index contributed by atoms with van der Waals surface area (Å²) >= 11 is 0. The van der Waals surface area contributed by atoms with E-state index in [1.165, 1.54) is 25.1 Å². The standard InChI is InChI=1S/C15H18N2O7S/c1-10-11(4-3-5-12(10)17(20)21)14(19)24-8-13(18)16-15(2)6-7-25(22,23)9-15/h3-5H,6-9H2,1-2H3,(H,16,18)/t15-/m1/s1. The second-order valence-electron chi connectivity index (χ2n) is 6.23. The summed E-state index contributed by atoms with van der Waals surface area (Å²) in [5, 5.41) is 13.4. The highest BCUT2D eigenvalue weighted by Gasteiger charge is 2.39. The number of carbonyl (C=O) groups is 2. The minimum atomic E-state index is -3.18. The molecule has 1 N–H and O–H groups in total. The number of carbonyl (C=O) groups excluding carboxylic acids is 2. The minimum absolute atomic E-state index is 0.00310. The van der Waals surface area contributed by atoms with Gasteiger partial charge in [-0.25, -0.2) is 13.2 Å². The molecular weight excluding hydrogens is 352 g/mol. The molecule has 25 heavy (non-hydrogen) atoms. The van der Waals surface area contributed by atoms with Crippen LogP contribution >= 0.6 is 0 Å². The van der Waals surface area contributed by atoms with Crippen LogP contribution in [0, 0.1) is 17.0 Å². The topological polar surface area (TPSA) is 133 Å². The maximum atomic E-state index is 12.0. The predicted molar refractivity (Wildman–Crippen MR) is 87.9 cm³/mol. The molecule has 0 unspecified atom stereocenters. The van der Waals surface area contributed by atoms with Gasteiger partial charge in [0.1, 0.15) is 0 Å². The first-order chi connectivity index (χ1) is 11.5. The monoisotopic (exact) mass is 370 g/mol. The summed E-state index contributed by atoms with van der Waals surface area (Å²) in [6.07, 6.45) is 0.291. The normalized spacial score (nSPS) is 21.5. The van der Waals surface area contributed by atoms with Crippen molar-refractivity contribution in [1.29, 1.82) is 0 Å². The summed E-state index contributed by atoms with van der Waals surface area (Å²) in [5.41, 5.74) is -0.963. The van der Waals surface area contributed by atoms with Crippen LogP contribution in [0.25, 0.3) is 0 Å². The number of nitro benzene ring substituents is 1. The van der Waals surface area contributed by atoms with Crippen LogP contribution in [-0.2, 0) is 19.4 Å².